The van der Waals surface area contributed by atoms with Gasteiger partial charge in [-0.15, -0.1) is 0 Å². The maximum absolute atomic E-state index is 6.12. The lowest BCUT2D eigenvalue weighted by atomic mass is 10.2. The van der Waals surface area contributed by atoms with E-state index in [0.717, 1.165) is 49.4 Å². The quantitative estimate of drug-likeness (QED) is 0.662. The van der Waals surface area contributed by atoms with E-state index in [9.17, 15) is 0 Å². The van der Waals surface area contributed by atoms with Gasteiger partial charge < -0.3 is 15.1 Å². The molecule has 6 nitrogen and oxygen atoms in total. The molecule has 0 bridgehead atoms. The van der Waals surface area contributed by atoms with E-state index in [0.29, 0.717) is 0 Å². The van der Waals surface area contributed by atoms with Crippen LogP contribution in [0.25, 0.3) is 0 Å². The minimum Gasteiger partial charge on any atom is -0.368 e. The molecule has 7 heteroatoms. The van der Waals surface area contributed by atoms with Crippen molar-refractivity contribution in [1.82, 2.24) is 20.0 Å². The predicted octanol–water partition coefficient (Wildman–Crippen LogP) is 2.59. The maximum Gasteiger partial charge on any atom is 0.194 e. The number of aryl methyl sites for hydroxylation is 2. The van der Waals surface area contributed by atoms with E-state index in [1.54, 1.807) is 0 Å². The Kier molecular flexibility index (Phi) is 5.71. The van der Waals surface area contributed by atoms with Gasteiger partial charge in [0, 0.05) is 68.8 Å². The summed E-state index contributed by atoms with van der Waals surface area (Å²) < 4.78 is 1.93. The third-order valence-electron chi connectivity index (χ3n) is 5.05. The largest absolute Gasteiger partial charge is 0.368 e. The average molecular weight is 375 g/mol. The number of rotatable bonds is 3. The predicted molar refractivity (Wildman–Crippen MR) is 108 cm³/mol. The number of anilines is 1. The van der Waals surface area contributed by atoms with Crippen LogP contribution < -0.4 is 10.2 Å². The molecule has 140 valence electrons. The van der Waals surface area contributed by atoms with Crippen LogP contribution in [0.5, 0.6) is 0 Å². The lowest BCUT2D eigenvalue weighted by Gasteiger charge is -2.37. The van der Waals surface area contributed by atoms with E-state index >= 15 is 0 Å². The van der Waals surface area contributed by atoms with Crippen molar-refractivity contribution in [3.8, 4) is 0 Å². The molecule has 1 aliphatic heterocycles. The first kappa shape index (κ1) is 18.6. The first-order valence-corrected chi connectivity index (χ1v) is 9.32. The van der Waals surface area contributed by atoms with Crippen LogP contribution in [0.3, 0.4) is 0 Å². The summed E-state index contributed by atoms with van der Waals surface area (Å²) in [5, 5.41) is 8.76. The van der Waals surface area contributed by atoms with Crippen LogP contribution in [-0.2, 0) is 13.6 Å². The molecule has 2 heterocycles. The lowest BCUT2D eigenvalue weighted by molar-refractivity contribution is 0.372. The SMILES string of the molecule is CN=C(NCc1c(C)nn(C)c1C)N1CCN(c2cccc(Cl)c2)CC1. The molecule has 0 aliphatic carbocycles. The van der Waals surface area contributed by atoms with Crippen molar-refractivity contribution in [2.24, 2.45) is 12.0 Å². The molecule has 0 atom stereocenters. The molecular weight excluding hydrogens is 348 g/mol. The highest BCUT2D eigenvalue weighted by molar-refractivity contribution is 6.30. The molecule has 1 saturated heterocycles. The van der Waals surface area contributed by atoms with Crippen molar-refractivity contribution in [3.05, 3.63) is 46.2 Å². The van der Waals surface area contributed by atoms with Crippen molar-refractivity contribution in [2.45, 2.75) is 20.4 Å². The van der Waals surface area contributed by atoms with Crippen molar-refractivity contribution in [1.29, 1.82) is 0 Å². The maximum atomic E-state index is 6.12. The molecule has 26 heavy (non-hydrogen) atoms. The number of halogens is 1. The summed E-state index contributed by atoms with van der Waals surface area (Å²) in [6.45, 7) is 8.65. The fourth-order valence-electron chi connectivity index (χ4n) is 3.42. The van der Waals surface area contributed by atoms with Crippen LogP contribution >= 0.6 is 11.6 Å². The summed E-state index contributed by atoms with van der Waals surface area (Å²) in [4.78, 5) is 9.14. The fourth-order valence-corrected chi connectivity index (χ4v) is 3.61. The van der Waals surface area contributed by atoms with Crippen LogP contribution in [0.2, 0.25) is 5.02 Å². The zero-order chi connectivity index (χ0) is 18.7. The first-order valence-electron chi connectivity index (χ1n) is 8.94. The first-order chi connectivity index (χ1) is 12.5. The third-order valence-corrected chi connectivity index (χ3v) is 5.28. The summed E-state index contributed by atoms with van der Waals surface area (Å²) in [5.41, 5.74) is 4.68. The fraction of sp³-hybridized carbons (Fsp3) is 0.474. The number of hydrogen-bond acceptors (Lipinski definition) is 3. The number of benzene rings is 1. The highest BCUT2D eigenvalue weighted by Crippen LogP contribution is 2.21. The van der Waals surface area contributed by atoms with E-state index in [2.05, 4.69) is 45.1 Å². The van der Waals surface area contributed by atoms with E-state index in [-0.39, 0.29) is 0 Å². The number of guanidine groups is 1. The minimum absolute atomic E-state index is 0.743. The summed E-state index contributed by atoms with van der Waals surface area (Å²) in [6.07, 6.45) is 0. The summed E-state index contributed by atoms with van der Waals surface area (Å²) in [6, 6.07) is 8.05. The highest BCUT2D eigenvalue weighted by atomic mass is 35.5. The minimum atomic E-state index is 0.743. The van der Waals surface area contributed by atoms with E-state index in [4.69, 9.17) is 11.6 Å². The summed E-state index contributed by atoms with van der Waals surface area (Å²) in [7, 11) is 3.82. The van der Waals surface area contributed by atoms with Crippen LogP contribution in [0.1, 0.15) is 17.0 Å². The van der Waals surface area contributed by atoms with E-state index < -0.39 is 0 Å². The van der Waals surface area contributed by atoms with Crippen molar-refractivity contribution >= 4 is 23.2 Å². The molecule has 2 aromatic rings. The molecule has 1 aromatic carbocycles. The summed E-state index contributed by atoms with van der Waals surface area (Å²) >= 11 is 6.12. The number of aromatic nitrogens is 2. The second kappa shape index (κ2) is 7.99. The van der Waals surface area contributed by atoms with Gasteiger partial charge >= 0.3 is 0 Å². The normalized spacial score (nSPS) is 15.5. The Labute approximate surface area is 160 Å². The lowest BCUT2D eigenvalue weighted by Crippen LogP contribution is -2.52. The Balaban J connectivity index is 1.59. The van der Waals surface area contributed by atoms with Crippen molar-refractivity contribution < 1.29 is 0 Å². The zero-order valence-corrected chi connectivity index (χ0v) is 16.7. The molecular formula is C19H27ClN6. The van der Waals surface area contributed by atoms with Gasteiger partial charge in [-0.3, -0.25) is 9.67 Å². The molecule has 1 aromatic heterocycles. The van der Waals surface area contributed by atoms with Crippen LogP contribution in [-0.4, -0.2) is 53.9 Å². The molecule has 0 saturated carbocycles. The standard InChI is InChI=1S/C19H27ClN6/c1-14-18(15(2)24(4)23-14)13-22-19(21-3)26-10-8-25(9-11-26)17-7-5-6-16(20)12-17/h5-7,12H,8-11,13H2,1-4H3,(H,21,22). The molecule has 0 radical (unpaired) electrons. The highest BCUT2D eigenvalue weighted by Gasteiger charge is 2.20. The van der Waals surface area contributed by atoms with Gasteiger partial charge in [0.25, 0.3) is 0 Å². The molecule has 1 aliphatic rings. The average Bonchev–Trinajstić information content (AvgIpc) is 2.88. The molecule has 0 unspecified atom stereocenters. The van der Waals surface area contributed by atoms with Crippen molar-refractivity contribution in [2.75, 3.05) is 38.1 Å². The summed E-state index contributed by atoms with van der Waals surface area (Å²) in [5.74, 6) is 0.943. The number of nitrogens with one attached hydrogen (secondary N) is 1. The number of aliphatic imine (C=N–C) groups is 1. The molecule has 3 rings (SSSR count). The third kappa shape index (κ3) is 3.96. The van der Waals surface area contributed by atoms with Gasteiger partial charge in [-0.05, 0) is 32.0 Å². The van der Waals surface area contributed by atoms with Crippen molar-refractivity contribution in [3.63, 3.8) is 0 Å². The van der Waals surface area contributed by atoms with Gasteiger partial charge in [0.15, 0.2) is 5.96 Å². The van der Waals surface area contributed by atoms with Gasteiger partial charge in [0.2, 0.25) is 0 Å². The van der Waals surface area contributed by atoms with Crippen LogP contribution in [0.15, 0.2) is 29.3 Å². The molecule has 1 N–H and O–H groups in total. The number of hydrogen-bond donors (Lipinski definition) is 1. The molecule has 0 amide bonds. The van der Waals surface area contributed by atoms with Crippen LogP contribution in [0, 0.1) is 13.8 Å². The second-order valence-electron chi connectivity index (χ2n) is 6.63. The van der Waals surface area contributed by atoms with Gasteiger partial charge in [0.05, 0.1) is 5.69 Å². The Bertz CT molecular complexity index is 789. The Morgan fingerprint density at radius 1 is 1.23 bits per heavy atom. The molecule has 0 spiro atoms. The van der Waals surface area contributed by atoms with Crippen LogP contribution in [0.4, 0.5) is 5.69 Å². The number of piperazine rings is 1. The van der Waals surface area contributed by atoms with Gasteiger partial charge in [-0.2, -0.15) is 5.10 Å². The second-order valence-corrected chi connectivity index (χ2v) is 7.06. The smallest absolute Gasteiger partial charge is 0.194 e. The monoisotopic (exact) mass is 374 g/mol. The Morgan fingerprint density at radius 2 is 1.96 bits per heavy atom. The van der Waals surface area contributed by atoms with E-state index in [1.807, 2.05) is 37.0 Å². The Hall–Kier alpha value is -2.21. The molecule has 1 fully saturated rings. The van der Waals surface area contributed by atoms with Gasteiger partial charge in [0.1, 0.15) is 0 Å². The van der Waals surface area contributed by atoms with E-state index in [1.165, 1.54) is 16.9 Å². The number of nitrogens with zero attached hydrogens (tertiary/aromatic N) is 5. The Morgan fingerprint density at radius 3 is 2.54 bits per heavy atom. The van der Waals surface area contributed by atoms with Gasteiger partial charge in [-0.25, -0.2) is 0 Å². The van der Waals surface area contributed by atoms with Gasteiger partial charge in [-0.1, -0.05) is 17.7 Å². The zero-order valence-electron chi connectivity index (χ0n) is 16.0. The topological polar surface area (TPSA) is 48.7 Å².